The number of hydrogen-bond acceptors (Lipinski definition) is 4. The third-order valence-electron chi connectivity index (χ3n) is 4.67. The second kappa shape index (κ2) is 8.20. The largest absolute Gasteiger partial charge is 0.315 e. The molecule has 0 aromatic heterocycles. The second-order valence-electron chi connectivity index (χ2n) is 6.40. The molecule has 0 saturated carbocycles. The van der Waals surface area contributed by atoms with Gasteiger partial charge in [-0.1, -0.05) is 0 Å². The average Bonchev–Trinajstić information content (AvgIpc) is 2.44. The fraction of sp³-hybridized carbons (Fsp3) is 1.00. The van der Waals surface area contributed by atoms with Crippen LogP contribution in [0.3, 0.4) is 0 Å². The van der Waals surface area contributed by atoms with Crippen molar-refractivity contribution >= 4 is 0 Å². The van der Waals surface area contributed by atoms with Crippen molar-refractivity contribution in [1.82, 2.24) is 20.4 Å². The van der Waals surface area contributed by atoms with Gasteiger partial charge in [0, 0.05) is 45.3 Å². The smallest absolute Gasteiger partial charge is 0.0193 e. The van der Waals surface area contributed by atoms with Gasteiger partial charge in [-0.05, 0) is 52.2 Å². The lowest BCUT2D eigenvalue weighted by molar-refractivity contribution is 0.176. The Balaban J connectivity index is 1.53. The van der Waals surface area contributed by atoms with E-state index in [9.17, 15) is 0 Å². The molecule has 2 heterocycles. The molecule has 0 aromatic carbocycles. The Labute approximate surface area is 118 Å². The highest BCUT2D eigenvalue weighted by Gasteiger charge is 2.18. The Bertz CT molecular complexity index is 240. The topological polar surface area (TPSA) is 30.5 Å². The summed E-state index contributed by atoms with van der Waals surface area (Å²) in [6.07, 6.45) is 4.16. The third-order valence-corrected chi connectivity index (χ3v) is 4.67. The summed E-state index contributed by atoms with van der Waals surface area (Å²) in [5.41, 5.74) is 0. The number of hydrogen-bond donors (Lipinski definition) is 2. The van der Waals surface area contributed by atoms with Gasteiger partial charge in [-0.3, -0.25) is 4.90 Å². The predicted octanol–water partition coefficient (Wildman–Crippen LogP) is 0.602. The second-order valence-corrected chi connectivity index (χ2v) is 6.40. The molecule has 2 fully saturated rings. The van der Waals surface area contributed by atoms with E-state index in [-0.39, 0.29) is 0 Å². The van der Waals surface area contributed by atoms with Gasteiger partial charge in [-0.15, -0.1) is 0 Å². The molecule has 4 nitrogen and oxygen atoms in total. The Hall–Kier alpha value is -0.160. The highest BCUT2D eigenvalue weighted by atomic mass is 15.2. The van der Waals surface area contributed by atoms with Gasteiger partial charge in [-0.2, -0.15) is 0 Å². The molecule has 2 aliphatic rings. The zero-order valence-corrected chi connectivity index (χ0v) is 12.8. The molecule has 2 N–H and O–H groups in total. The van der Waals surface area contributed by atoms with Crippen molar-refractivity contribution in [2.45, 2.75) is 32.2 Å². The van der Waals surface area contributed by atoms with Gasteiger partial charge in [0.05, 0.1) is 0 Å². The van der Waals surface area contributed by atoms with Crippen LogP contribution >= 0.6 is 0 Å². The van der Waals surface area contributed by atoms with Crippen molar-refractivity contribution in [3.05, 3.63) is 0 Å². The molecule has 0 spiro atoms. The molecule has 2 unspecified atom stereocenters. The fourth-order valence-electron chi connectivity index (χ4n) is 3.38. The predicted molar refractivity (Wildman–Crippen MR) is 81.6 cm³/mol. The van der Waals surface area contributed by atoms with E-state index >= 15 is 0 Å². The summed E-state index contributed by atoms with van der Waals surface area (Å²) in [5, 5.41) is 7.08. The molecule has 4 heteroatoms. The van der Waals surface area contributed by atoms with E-state index in [0.717, 1.165) is 25.6 Å². The van der Waals surface area contributed by atoms with Gasteiger partial charge in [0.15, 0.2) is 0 Å². The minimum atomic E-state index is 0.677. The summed E-state index contributed by atoms with van der Waals surface area (Å²) in [6, 6.07) is 0.677. The Morgan fingerprint density at radius 2 is 2.05 bits per heavy atom. The Kier molecular flexibility index (Phi) is 6.57. The van der Waals surface area contributed by atoms with E-state index in [4.69, 9.17) is 0 Å². The van der Waals surface area contributed by atoms with E-state index < -0.39 is 0 Å². The number of piperidine rings is 1. The van der Waals surface area contributed by atoms with Crippen LogP contribution in [0.5, 0.6) is 0 Å². The molecular weight excluding hydrogens is 236 g/mol. The summed E-state index contributed by atoms with van der Waals surface area (Å²) >= 11 is 0. The quantitative estimate of drug-likeness (QED) is 0.691. The van der Waals surface area contributed by atoms with E-state index in [0.29, 0.717) is 6.04 Å². The van der Waals surface area contributed by atoms with Crippen molar-refractivity contribution in [3.63, 3.8) is 0 Å². The first kappa shape index (κ1) is 15.2. The molecule has 2 atom stereocenters. The van der Waals surface area contributed by atoms with E-state index in [1.165, 1.54) is 52.0 Å². The normalized spacial score (nSPS) is 28.4. The van der Waals surface area contributed by atoms with E-state index in [1.54, 1.807) is 0 Å². The summed E-state index contributed by atoms with van der Waals surface area (Å²) < 4.78 is 0. The van der Waals surface area contributed by atoms with Gasteiger partial charge in [0.2, 0.25) is 0 Å². The molecule has 19 heavy (non-hydrogen) atoms. The average molecular weight is 268 g/mol. The lowest BCUT2D eigenvalue weighted by Gasteiger charge is -2.33. The third kappa shape index (κ3) is 5.38. The molecule has 0 aliphatic carbocycles. The Morgan fingerprint density at radius 1 is 1.26 bits per heavy atom. The van der Waals surface area contributed by atoms with Gasteiger partial charge >= 0.3 is 0 Å². The zero-order chi connectivity index (χ0) is 13.5. The molecular formula is C15H32N4. The summed E-state index contributed by atoms with van der Waals surface area (Å²) in [6.45, 7) is 12.0. The zero-order valence-electron chi connectivity index (χ0n) is 12.8. The first-order valence-electron chi connectivity index (χ1n) is 8.09. The van der Waals surface area contributed by atoms with Crippen LogP contribution in [-0.2, 0) is 0 Å². The lowest BCUT2D eigenvalue weighted by atomic mass is 9.95. The maximum Gasteiger partial charge on any atom is 0.0193 e. The number of nitrogens with zero attached hydrogens (tertiary/aromatic N) is 2. The highest BCUT2D eigenvalue weighted by Crippen LogP contribution is 2.17. The summed E-state index contributed by atoms with van der Waals surface area (Å²) in [4.78, 5) is 5.08. The standard InChI is InChI=1S/C15H32N4/c1-14(19-10-7-16-8-11-19)12-17-6-5-15-4-3-9-18(2)13-15/h14-17H,3-13H2,1-2H3. The van der Waals surface area contributed by atoms with Gasteiger partial charge in [-0.25, -0.2) is 0 Å². The van der Waals surface area contributed by atoms with Crippen LogP contribution in [0.4, 0.5) is 0 Å². The first-order valence-corrected chi connectivity index (χ1v) is 8.09. The molecule has 2 aliphatic heterocycles. The van der Waals surface area contributed by atoms with Gasteiger partial charge in [0.25, 0.3) is 0 Å². The first-order chi connectivity index (χ1) is 9.25. The maximum atomic E-state index is 3.66. The molecule has 112 valence electrons. The minimum Gasteiger partial charge on any atom is -0.315 e. The van der Waals surface area contributed by atoms with Crippen LogP contribution < -0.4 is 10.6 Å². The van der Waals surface area contributed by atoms with Crippen LogP contribution in [0, 0.1) is 5.92 Å². The Morgan fingerprint density at radius 3 is 2.79 bits per heavy atom. The fourth-order valence-corrected chi connectivity index (χ4v) is 3.38. The van der Waals surface area contributed by atoms with Crippen LogP contribution in [0.15, 0.2) is 0 Å². The molecule has 0 bridgehead atoms. The summed E-state index contributed by atoms with van der Waals surface area (Å²) in [7, 11) is 2.26. The van der Waals surface area contributed by atoms with Crippen molar-refractivity contribution in [2.75, 3.05) is 59.4 Å². The van der Waals surface area contributed by atoms with E-state index in [2.05, 4.69) is 34.4 Å². The van der Waals surface area contributed by atoms with Crippen LogP contribution in [-0.4, -0.2) is 75.2 Å². The lowest BCUT2D eigenvalue weighted by Crippen LogP contribution is -2.50. The van der Waals surface area contributed by atoms with Crippen LogP contribution in [0.25, 0.3) is 0 Å². The van der Waals surface area contributed by atoms with Crippen molar-refractivity contribution in [3.8, 4) is 0 Å². The van der Waals surface area contributed by atoms with Gasteiger partial charge in [0.1, 0.15) is 0 Å². The van der Waals surface area contributed by atoms with Gasteiger partial charge < -0.3 is 15.5 Å². The van der Waals surface area contributed by atoms with Crippen molar-refractivity contribution < 1.29 is 0 Å². The number of rotatable bonds is 6. The minimum absolute atomic E-state index is 0.677. The molecule has 2 rings (SSSR count). The molecule has 0 aromatic rings. The number of likely N-dealkylation sites (tertiary alicyclic amines) is 1. The van der Waals surface area contributed by atoms with Crippen LogP contribution in [0.1, 0.15) is 26.2 Å². The van der Waals surface area contributed by atoms with E-state index in [1.807, 2.05) is 0 Å². The van der Waals surface area contributed by atoms with Crippen molar-refractivity contribution in [1.29, 1.82) is 0 Å². The molecule has 0 amide bonds. The SMILES string of the molecule is CC(CNCCC1CCCN(C)C1)N1CCNCC1. The number of piperazine rings is 1. The molecule has 2 saturated heterocycles. The monoisotopic (exact) mass is 268 g/mol. The number of nitrogens with one attached hydrogen (secondary N) is 2. The van der Waals surface area contributed by atoms with Crippen molar-refractivity contribution in [2.24, 2.45) is 5.92 Å². The highest BCUT2D eigenvalue weighted by molar-refractivity contribution is 4.76. The molecule has 0 radical (unpaired) electrons. The van der Waals surface area contributed by atoms with Crippen LogP contribution in [0.2, 0.25) is 0 Å². The summed E-state index contributed by atoms with van der Waals surface area (Å²) in [5.74, 6) is 0.917. The maximum absolute atomic E-state index is 3.66.